The molecule has 108 valence electrons. The molecule has 20 heavy (non-hydrogen) atoms. The predicted molar refractivity (Wildman–Crippen MR) is 78.9 cm³/mol. The smallest absolute Gasteiger partial charge is 0.174 e. The van der Waals surface area contributed by atoms with E-state index in [0.29, 0.717) is 23.9 Å². The molecule has 0 bridgehead atoms. The maximum absolute atomic E-state index is 5.81. The summed E-state index contributed by atoms with van der Waals surface area (Å²) in [4.78, 5) is 0. The van der Waals surface area contributed by atoms with Gasteiger partial charge in [0.2, 0.25) is 0 Å². The van der Waals surface area contributed by atoms with E-state index in [9.17, 15) is 0 Å². The van der Waals surface area contributed by atoms with Crippen LogP contribution in [0.1, 0.15) is 32.2 Å². The number of halogens is 1. The molecule has 5 heteroatoms. The van der Waals surface area contributed by atoms with Gasteiger partial charge in [0.1, 0.15) is 12.4 Å². The van der Waals surface area contributed by atoms with Gasteiger partial charge in [0.25, 0.3) is 0 Å². The van der Waals surface area contributed by atoms with Gasteiger partial charge in [-0.3, -0.25) is 0 Å². The Labute approximate surface area is 124 Å². The Morgan fingerprint density at radius 2 is 1.95 bits per heavy atom. The number of hydrogen-bond acceptors (Lipinski definition) is 4. The van der Waals surface area contributed by atoms with Gasteiger partial charge in [-0.1, -0.05) is 16.8 Å². The monoisotopic (exact) mass is 294 g/mol. The first-order valence-corrected chi connectivity index (χ1v) is 6.88. The molecule has 2 rings (SSSR count). The highest BCUT2D eigenvalue weighted by Crippen LogP contribution is 2.17. The summed E-state index contributed by atoms with van der Waals surface area (Å²) in [5, 5.41) is 8.05. The SMILES string of the molecule is CC(C)(C)NCc1cc(COc2ccc(Cl)cc2)on1. The second-order valence-corrected chi connectivity index (χ2v) is 6.07. The number of nitrogens with one attached hydrogen (secondary N) is 1. The molecular weight excluding hydrogens is 276 g/mol. The Balaban J connectivity index is 1.85. The molecule has 2 aromatic rings. The quantitative estimate of drug-likeness (QED) is 0.911. The Morgan fingerprint density at radius 1 is 1.25 bits per heavy atom. The zero-order chi connectivity index (χ0) is 14.6. The van der Waals surface area contributed by atoms with Crippen LogP contribution >= 0.6 is 11.6 Å². The van der Waals surface area contributed by atoms with Crippen LogP contribution in [0.5, 0.6) is 5.75 Å². The molecule has 0 aliphatic rings. The average Bonchev–Trinajstić information content (AvgIpc) is 2.83. The highest BCUT2D eigenvalue weighted by Gasteiger charge is 2.11. The zero-order valence-corrected chi connectivity index (χ0v) is 12.7. The lowest BCUT2D eigenvalue weighted by Crippen LogP contribution is -2.35. The molecule has 0 radical (unpaired) electrons. The molecule has 0 aliphatic carbocycles. The summed E-state index contributed by atoms with van der Waals surface area (Å²) in [6, 6.07) is 9.11. The van der Waals surface area contributed by atoms with E-state index >= 15 is 0 Å². The largest absolute Gasteiger partial charge is 0.486 e. The number of benzene rings is 1. The molecule has 0 aliphatic heterocycles. The Kier molecular flexibility index (Phi) is 4.68. The topological polar surface area (TPSA) is 47.3 Å². The number of ether oxygens (including phenoxy) is 1. The van der Waals surface area contributed by atoms with E-state index in [1.54, 1.807) is 12.1 Å². The first kappa shape index (κ1) is 14.9. The van der Waals surface area contributed by atoms with Crippen LogP contribution in [0.2, 0.25) is 5.02 Å². The molecule has 0 saturated carbocycles. The van der Waals surface area contributed by atoms with Crippen molar-refractivity contribution in [2.45, 2.75) is 39.5 Å². The summed E-state index contributed by atoms with van der Waals surface area (Å²) in [5.74, 6) is 1.45. The van der Waals surface area contributed by atoms with Crippen molar-refractivity contribution >= 4 is 11.6 Å². The van der Waals surface area contributed by atoms with Gasteiger partial charge in [-0.25, -0.2) is 0 Å². The van der Waals surface area contributed by atoms with Crippen molar-refractivity contribution in [1.82, 2.24) is 10.5 Å². The minimum absolute atomic E-state index is 0.0545. The van der Waals surface area contributed by atoms with Crippen LogP contribution in [0.25, 0.3) is 0 Å². The third-order valence-electron chi connectivity index (χ3n) is 2.60. The molecule has 0 amide bonds. The lowest BCUT2D eigenvalue weighted by atomic mass is 10.1. The van der Waals surface area contributed by atoms with Crippen molar-refractivity contribution in [3.05, 3.63) is 46.8 Å². The molecule has 1 aromatic carbocycles. The van der Waals surface area contributed by atoms with E-state index < -0.39 is 0 Å². The fourth-order valence-electron chi connectivity index (χ4n) is 1.55. The molecule has 1 heterocycles. The van der Waals surface area contributed by atoms with Crippen LogP contribution in [0.4, 0.5) is 0 Å². The number of nitrogens with zero attached hydrogens (tertiary/aromatic N) is 1. The van der Waals surface area contributed by atoms with Crippen molar-refractivity contribution in [2.75, 3.05) is 0 Å². The summed E-state index contributed by atoms with van der Waals surface area (Å²) in [6.07, 6.45) is 0. The molecule has 0 saturated heterocycles. The second-order valence-electron chi connectivity index (χ2n) is 5.63. The second kappa shape index (κ2) is 6.29. The number of aromatic nitrogens is 1. The predicted octanol–water partition coefficient (Wildman–Crippen LogP) is 3.80. The summed E-state index contributed by atoms with van der Waals surface area (Å²) in [6.45, 7) is 7.35. The Hall–Kier alpha value is -1.52. The van der Waals surface area contributed by atoms with Crippen molar-refractivity contribution in [1.29, 1.82) is 0 Å². The maximum Gasteiger partial charge on any atom is 0.174 e. The van der Waals surface area contributed by atoms with Gasteiger partial charge in [-0.2, -0.15) is 0 Å². The lowest BCUT2D eigenvalue weighted by molar-refractivity contribution is 0.248. The van der Waals surface area contributed by atoms with Crippen LogP contribution in [0.15, 0.2) is 34.9 Å². The van der Waals surface area contributed by atoms with E-state index in [1.165, 1.54) is 0 Å². The minimum atomic E-state index is 0.0545. The van der Waals surface area contributed by atoms with Crippen LogP contribution < -0.4 is 10.1 Å². The molecule has 0 fully saturated rings. The molecule has 0 spiro atoms. The van der Waals surface area contributed by atoms with E-state index in [-0.39, 0.29) is 5.54 Å². The van der Waals surface area contributed by atoms with E-state index in [4.69, 9.17) is 20.9 Å². The van der Waals surface area contributed by atoms with Crippen LogP contribution in [-0.4, -0.2) is 10.7 Å². The first-order chi connectivity index (χ1) is 9.42. The van der Waals surface area contributed by atoms with E-state index in [0.717, 1.165) is 11.4 Å². The molecule has 1 N–H and O–H groups in total. The summed E-state index contributed by atoms with van der Waals surface area (Å²) in [5.41, 5.74) is 0.925. The van der Waals surface area contributed by atoms with Crippen LogP contribution in [-0.2, 0) is 13.2 Å². The van der Waals surface area contributed by atoms with Gasteiger partial charge in [0.15, 0.2) is 5.76 Å². The molecule has 0 atom stereocenters. The fourth-order valence-corrected chi connectivity index (χ4v) is 1.67. The van der Waals surface area contributed by atoms with Gasteiger partial charge >= 0.3 is 0 Å². The third-order valence-corrected chi connectivity index (χ3v) is 2.85. The van der Waals surface area contributed by atoms with Gasteiger partial charge in [-0.05, 0) is 45.0 Å². The standard InChI is InChI=1S/C15H19ClN2O2/c1-15(2,3)17-9-12-8-14(20-18-12)10-19-13-6-4-11(16)5-7-13/h4-8,17H,9-10H2,1-3H3. The highest BCUT2D eigenvalue weighted by atomic mass is 35.5. The molecule has 0 unspecified atom stereocenters. The lowest BCUT2D eigenvalue weighted by Gasteiger charge is -2.19. The molecule has 4 nitrogen and oxygen atoms in total. The molecular formula is C15H19ClN2O2. The van der Waals surface area contributed by atoms with Crippen molar-refractivity contribution < 1.29 is 9.26 Å². The number of rotatable bonds is 5. The Morgan fingerprint density at radius 3 is 2.60 bits per heavy atom. The van der Waals surface area contributed by atoms with Crippen molar-refractivity contribution in [3.8, 4) is 5.75 Å². The minimum Gasteiger partial charge on any atom is -0.486 e. The average molecular weight is 295 g/mol. The Bertz CT molecular complexity index is 544. The number of hydrogen-bond donors (Lipinski definition) is 1. The van der Waals surface area contributed by atoms with Gasteiger partial charge in [0, 0.05) is 23.2 Å². The third kappa shape index (κ3) is 4.87. The highest BCUT2D eigenvalue weighted by molar-refractivity contribution is 6.30. The zero-order valence-electron chi connectivity index (χ0n) is 11.9. The first-order valence-electron chi connectivity index (χ1n) is 6.50. The van der Waals surface area contributed by atoms with Gasteiger partial charge in [0.05, 0.1) is 5.69 Å². The summed E-state index contributed by atoms with van der Waals surface area (Å²) < 4.78 is 10.8. The summed E-state index contributed by atoms with van der Waals surface area (Å²) in [7, 11) is 0. The fraction of sp³-hybridized carbons (Fsp3) is 0.400. The maximum atomic E-state index is 5.81. The van der Waals surface area contributed by atoms with Crippen LogP contribution in [0.3, 0.4) is 0 Å². The van der Waals surface area contributed by atoms with Crippen molar-refractivity contribution in [3.63, 3.8) is 0 Å². The van der Waals surface area contributed by atoms with Gasteiger partial charge in [-0.15, -0.1) is 0 Å². The van der Waals surface area contributed by atoms with Gasteiger partial charge < -0.3 is 14.6 Å². The molecule has 1 aromatic heterocycles. The summed E-state index contributed by atoms with van der Waals surface area (Å²) >= 11 is 5.81. The van der Waals surface area contributed by atoms with E-state index in [2.05, 4.69) is 31.2 Å². The van der Waals surface area contributed by atoms with E-state index in [1.807, 2.05) is 18.2 Å². The van der Waals surface area contributed by atoms with Crippen molar-refractivity contribution in [2.24, 2.45) is 0 Å². The van der Waals surface area contributed by atoms with Crippen LogP contribution in [0, 0.1) is 0 Å². The normalized spacial score (nSPS) is 11.6.